The van der Waals surface area contributed by atoms with Gasteiger partial charge in [0.05, 0.1) is 10.6 Å². The average molecular weight is 346 g/mol. The molecule has 1 amide bonds. The van der Waals surface area contributed by atoms with Crippen molar-refractivity contribution in [3.63, 3.8) is 0 Å². The molecule has 0 unspecified atom stereocenters. The highest BCUT2D eigenvalue weighted by molar-refractivity contribution is 7.92. The Bertz CT molecular complexity index is 887. The molecule has 6 heteroatoms. The van der Waals surface area contributed by atoms with Crippen LogP contribution in [-0.2, 0) is 10.0 Å². The second-order valence-corrected chi connectivity index (χ2v) is 7.75. The van der Waals surface area contributed by atoms with Crippen LogP contribution in [0.4, 0.5) is 5.69 Å². The van der Waals surface area contributed by atoms with Crippen molar-refractivity contribution in [3.05, 3.63) is 58.7 Å². The number of nitrogens with one attached hydrogen (secondary N) is 1. The van der Waals surface area contributed by atoms with Crippen LogP contribution in [0.1, 0.15) is 27.0 Å². The maximum Gasteiger partial charge on any atom is 0.262 e. The summed E-state index contributed by atoms with van der Waals surface area (Å²) in [6.07, 6.45) is 0. The van der Waals surface area contributed by atoms with E-state index < -0.39 is 10.0 Å². The molecule has 0 atom stereocenters. The number of hydrogen-bond acceptors (Lipinski definition) is 3. The normalized spacial score (nSPS) is 11.2. The fourth-order valence-corrected chi connectivity index (χ4v) is 3.72. The van der Waals surface area contributed by atoms with Gasteiger partial charge in [-0.15, -0.1) is 0 Å². The fourth-order valence-electron chi connectivity index (χ4n) is 2.33. The topological polar surface area (TPSA) is 66.5 Å². The van der Waals surface area contributed by atoms with E-state index in [1.807, 2.05) is 26.0 Å². The Hall–Kier alpha value is -2.34. The third-order valence-electron chi connectivity index (χ3n) is 3.77. The molecule has 0 spiro atoms. The van der Waals surface area contributed by atoms with Gasteiger partial charge in [0.2, 0.25) is 0 Å². The largest absolute Gasteiger partial charge is 0.345 e. The Kier molecular flexibility index (Phi) is 4.99. The molecule has 2 aromatic carbocycles. The van der Waals surface area contributed by atoms with E-state index in [1.165, 1.54) is 11.0 Å². The Morgan fingerprint density at radius 2 is 1.58 bits per heavy atom. The lowest BCUT2D eigenvalue weighted by atomic mass is 10.1. The number of carbonyl (C=O) groups excluding carboxylic acids is 1. The molecule has 0 aliphatic carbocycles. The number of anilines is 1. The summed E-state index contributed by atoms with van der Waals surface area (Å²) < 4.78 is 28.2. The minimum Gasteiger partial charge on any atom is -0.345 e. The van der Waals surface area contributed by atoms with Crippen LogP contribution in [0, 0.1) is 20.8 Å². The van der Waals surface area contributed by atoms with Crippen LogP contribution < -0.4 is 4.72 Å². The van der Waals surface area contributed by atoms with Gasteiger partial charge in [0.1, 0.15) is 0 Å². The van der Waals surface area contributed by atoms with E-state index in [0.717, 1.165) is 11.1 Å². The van der Waals surface area contributed by atoms with Crippen LogP contribution in [0.2, 0.25) is 0 Å². The fraction of sp³-hybridized carbons (Fsp3) is 0.278. The summed E-state index contributed by atoms with van der Waals surface area (Å²) in [5.74, 6) is -0.238. The minimum absolute atomic E-state index is 0.108. The van der Waals surface area contributed by atoms with Crippen LogP contribution in [-0.4, -0.2) is 33.3 Å². The molecular formula is C18H22N2O3S. The van der Waals surface area contributed by atoms with Crippen molar-refractivity contribution < 1.29 is 13.2 Å². The van der Waals surface area contributed by atoms with Crippen molar-refractivity contribution in [2.75, 3.05) is 18.8 Å². The van der Waals surface area contributed by atoms with Gasteiger partial charge in [-0.2, -0.15) is 0 Å². The summed E-state index contributed by atoms with van der Waals surface area (Å²) in [5, 5.41) is 0. The van der Waals surface area contributed by atoms with Gasteiger partial charge in [-0.3, -0.25) is 9.52 Å². The molecule has 2 rings (SSSR count). The van der Waals surface area contributed by atoms with Crippen LogP contribution in [0.3, 0.4) is 0 Å². The summed E-state index contributed by atoms with van der Waals surface area (Å²) >= 11 is 0. The van der Waals surface area contributed by atoms with E-state index in [-0.39, 0.29) is 10.8 Å². The van der Waals surface area contributed by atoms with Crippen LogP contribution >= 0.6 is 0 Å². The highest BCUT2D eigenvalue weighted by Crippen LogP contribution is 2.24. The number of rotatable bonds is 4. The van der Waals surface area contributed by atoms with Gasteiger partial charge < -0.3 is 4.90 Å². The van der Waals surface area contributed by atoms with Crippen molar-refractivity contribution >= 4 is 21.6 Å². The molecule has 0 aromatic heterocycles. The van der Waals surface area contributed by atoms with E-state index in [0.29, 0.717) is 16.8 Å². The number of aryl methyl sites for hydroxylation is 3. The molecule has 0 saturated heterocycles. The van der Waals surface area contributed by atoms with E-state index in [4.69, 9.17) is 0 Å². The lowest BCUT2D eigenvalue weighted by Crippen LogP contribution is -2.22. The molecule has 0 aliphatic heterocycles. The van der Waals surface area contributed by atoms with Crippen molar-refractivity contribution in [1.82, 2.24) is 4.90 Å². The molecule has 0 bridgehead atoms. The van der Waals surface area contributed by atoms with E-state index in [2.05, 4.69) is 4.72 Å². The molecule has 5 nitrogen and oxygen atoms in total. The van der Waals surface area contributed by atoms with Crippen LogP contribution in [0.15, 0.2) is 41.3 Å². The number of nitrogens with zero attached hydrogens (tertiary/aromatic N) is 1. The molecule has 24 heavy (non-hydrogen) atoms. The molecular weight excluding hydrogens is 324 g/mol. The highest BCUT2D eigenvalue weighted by atomic mass is 32.2. The number of amides is 1. The maximum absolute atomic E-state index is 12.8. The van der Waals surface area contributed by atoms with Gasteiger partial charge >= 0.3 is 0 Å². The number of hydrogen-bond donors (Lipinski definition) is 1. The third-order valence-corrected chi connectivity index (χ3v) is 5.28. The first kappa shape index (κ1) is 18.0. The molecule has 0 saturated carbocycles. The molecule has 2 aromatic rings. The van der Waals surface area contributed by atoms with Crippen molar-refractivity contribution in [2.24, 2.45) is 0 Å². The lowest BCUT2D eigenvalue weighted by Gasteiger charge is -2.15. The SMILES string of the molecule is Cc1ccc(C)c(NS(=O)(=O)c2cc(C(=O)N(C)C)ccc2C)c1. The smallest absolute Gasteiger partial charge is 0.262 e. The molecule has 128 valence electrons. The van der Waals surface area contributed by atoms with E-state index >= 15 is 0 Å². The standard InChI is InChI=1S/C18H22N2O3S/c1-12-6-7-13(2)16(10-12)19-24(22,23)17-11-15(9-8-14(17)3)18(21)20(4)5/h6-11,19H,1-5H3. The van der Waals surface area contributed by atoms with E-state index in [9.17, 15) is 13.2 Å². The van der Waals surface area contributed by atoms with Gasteiger partial charge in [-0.25, -0.2) is 8.42 Å². The predicted octanol–water partition coefficient (Wildman–Crippen LogP) is 3.11. The first-order valence-electron chi connectivity index (χ1n) is 7.54. The van der Waals surface area contributed by atoms with Gasteiger partial charge in [-0.05, 0) is 55.7 Å². The van der Waals surface area contributed by atoms with E-state index in [1.54, 1.807) is 39.2 Å². The monoisotopic (exact) mass is 346 g/mol. The summed E-state index contributed by atoms with van der Waals surface area (Å²) in [5.41, 5.74) is 3.27. The Balaban J connectivity index is 2.47. The summed E-state index contributed by atoms with van der Waals surface area (Å²) in [6.45, 7) is 5.45. The van der Waals surface area contributed by atoms with Crippen LogP contribution in [0.5, 0.6) is 0 Å². The first-order chi connectivity index (χ1) is 11.1. The average Bonchev–Trinajstić information content (AvgIpc) is 2.50. The number of benzene rings is 2. The lowest BCUT2D eigenvalue weighted by molar-refractivity contribution is 0.0827. The third kappa shape index (κ3) is 3.76. The molecule has 1 N–H and O–H groups in total. The summed E-state index contributed by atoms with van der Waals surface area (Å²) in [4.78, 5) is 13.6. The Morgan fingerprint density at radius 3 is 2.21 bits per heavy atom. The molecule has 0 fully saturated rings. The van der Waals surface area contributed by atoms with Gasteiger partial charge in [0.15, 0.2) is 0 Å². The van der Waals surface area contributed by atoms with Crippen molar-refractivity contribution in [1.29, 1.82) is 0 Å². The first-order valence-corrected chi connectivity index (χ1v) is 9.02. The van der Waals surface area contributed by atoms with Crippen molar-refractivity contribution in [3.8, 4) is 0 Å². The molecule has 0 heterocycles. The van der Waals surface area contributed by atoms with Gasteiger partial charge in [0.25, 0.3) is 15.9 Å². The predicted molar refractivity (Wildman–Crippen MR) is 95.9 cm³/mol. The minimum atomic E-state index is -3.79. The van der Waals surface area contributed by atoms with Crippen molar-refractivity contribution in [2.45, 2.75) is 25.7 Å². The second kappa shape index (κ2) is 6.65. The Labute approximate surface area is 143 Å². The van der Waals surface area contributed by atoms with Gasteiger partial charge in [-0.1, -0.05) is 18.2 Å². The van der Waals surface area contributed by atoms with Crippen LogP contribution in [0.25, 0.3) is 0 Å². The highest BCUT2D eigenvalue weighted by Gasteiger charge is 2.20. The molecule has 0 aliphatic rings. The zero-order valence-electron chi connectivity index (χ0n) is 14.5. The van der Waals surface area contributed by atoms with Gasteiger partial charge in [0, 0.05) is 19.7 Å². The zero-order chi connectivity index (χ0) is 18.1. The number of carbonyl (C=O) groups is 1. The molecule has 0 radical (unpaired) electrons. The summed E-state index contributed by atoms with van der Waals surface area (Å²) in [7, 11) is -0.526. The second-order valence-electron chi connectivity index (χ2n) is 6.10. The zero-order valence-corrected chi connectivity index (χ0v) is 15.4. The summed E-state index contributed by atoms with van der Waals surface area (Å²) in [6, 6.07) is 10.3. The quantitative estimate of drug-likeness (QED) is 0.925. The Morgan fingerprint density at radius 1 is 0.958 bits per heavy atom. The maximum atomic E-state index is 12.8. The number of sulfonamides is 1.